The Morgan fingerprint density at radius 1 is 1.21 bits per heavy atom. The first-order chi connectivity index (χ1) is 14.0. The Hall–Kier alpha value is -2.67. The molecule has 7 nitrogen and oxygen atoms in total. The summed E-state index contributed by atoms with van der Waals surface area (Å²) in [6.07, 6.45) is 3.75. The smallest absolute Gasteiger partial charge is 0.310 e. The number of esters is 1. The van der Waals surface area contributed by atoms with E-state index in [2.05, 4.69) is 5.32 Å². The van der Waals surface area contributed by atoms with E-state index in [1.807, 2.05) is 49.4 Å². The SMILES string of the molecule is CCOC(=O)[C@H]1[C@H]2C(=O)N(CCO)[C@H](C(=O)NCc3ccccc3)[C@H]2C=C[C@H]1C. The third-order valence-corrected chi connectivity index (χ3v) is 5.75. The van der Waals surface area contributed by atoms with Gasteiger partial charge in [0, 0.05) is 19.0 Å². The van der Waals surface area contributed by atoms with Crippen molar-refractivity contribution in [2.75, 3.05) is 19.8 Å². The predicted octanol–water partition coefficient (Wildman–Crippen LogP) is 1.12. The number of benzene rings is 1. The molecule has 1 aromatic rings. The molecule has 0 aromatic heterocycles. The summed E-state index contributed by atoms with van der Waals surface area (Å²) < 4.78 is 5.21. The number of hydrogen-bond acceptors (Lipinski definition) is 5. The second-order valence-electron chi connectivity index (χ2n) is 7.53. The van der Waals surface area contributed by atoms with Crippen LogP contribution < -0.4 is 5.32 Å². The Bertz CT molecular complexity index is 779. The van der Waals surface area contributed by atoms with Crippen molar-refractivity contribution in [3.8, 4) is 0 Å². The van der Waals surface area contributed by atoms with E-state index in [9.17, 15) is 19.5 Å². The van der Waals surface area contributed by atoms with E-state index in [-0.39, 0.29) is 37.5 Å². The Morgan fingerprint density at radius 2 is 1.93 bits per heavy atom. The van der Waals surface area contributed by atoms with Crippen LogP contribution in [-0.2, 0) is 25.7 Å². The average molecular weight is 400 g/mol. The number of carbonyl (C=O) groups excluding carboxylic acids is 3. The topological polar surface area (TPSA) is 95.9 Å². The number of allylic oxidation sites excluding steroid dienone is 1. The quantitative estimate of drug-likeness (QED) is 0.528. The molecule has 1 aliphatic carbocycles. The van der Waals surface area contributed by atoms with E-state index in [0.29, 0.717) is 6.54 Å². The highest BCUT2D eigenvalue weighted by Crippen LogP contribution is 2.44. The minimum atomic E-state index is -0.760. The summed E-state index contributed by atoms with van der Waals surface area (Å²) in [6.45, 7) is 3.98. The molecule has 1 fully saturated rings. The summed E-state index contributed by atoms with van der Waals surface area (Å²) in [5.41, 5.74) is 0.952. The Balaban J connectivity index is 1.85. The molecule has 1 saturated heterocycles. The molecule has 2 N–H and O–H groups in total. The zero-order valence-corrected chi connectivity index (χ0v) is 16.8. The van der Waals surface area contributed by atoms with Crippen LogP contribution in [0.1, 0.15) is 19.4 Å². The molecular weight excluding hydrogens is 372 g/mol. The van der Waals surface area contributed by atoms with Crippen molar-refractivity contribution in [3.05, 3.63) is 48.0 Å². The minimum Gasteiger partial charge on any atom is -0.466 e. The van der Waals surface area contributed by atoms with Gasteiger partial charge in [-0.3, -0.25) is 14.4 Å². The first-order valence-corrected chi connectivity index (χ1v) is 10.1. The molecule has 7 heteroatoms. The number of nitrogens with one attached hydrogen (secondary N) is 1. The van der Waals surface area contributed by atoms with Crippen LogP contribution in [0.2, 0.25) is 0 Å². The van der Waals surface area contributed by atoms with Crippen molar-refractivity contribution in [2.24, 2.45) is 23.7 Å². The molecule has 1 aliphatic heterocycles. The van der Waals surface area contributed by atoms with Gasteiger partial charge in [0.25, 0.3) is 0 Å². The van der Waals surface area contributed by atoms with E-state index in [4.69, 9.17) is 4.74 Å². The first-order valence-electron chi connectivity index (χ1n) is 10.1. The van der Waals surface area contributed by atoms with Crippen molar-refractivity contribution in [1.29, 1.82) is 0 Å². The molecule has 29 heavy (non-hydrogen) atoms. The lowest BCUT2D eigenvalue weighted by Gasteiger charge is -2.32. The van der Waals surface area contributed by atoms with Gasteiger partial charge in [-0.15, -0.1) is 0 Å². The number of aliphatic hydroxyl groups is 1. The summed E-state index contributed by atoms with van der Waals surface area (Å²) >= 11 is 0. The molecule has 0 unspecified atom stereocenters. The predicted molar refractivity (Wildman–Crippen MR) is 106 cm³/mol. The molecule has 0 spiro atoms. The fourth-order valence-corrected chi connectivity index (χ4v) is 4.43. The lowest BCUT2D eigenvalue weighted by Crippen LogP contribution is -2.47. The number of fused-ring (bicyclic) bond motifs is 1. The van der Waals surface area contributed by atoms with Gasteiger partial charge in [-0.1, -0.05) is 49.4 Å². The molecule has 2 amide bonds. The molecule has 1 aromatic carbocycles. The normalized spacial score (nSPS) is 28.2. The van der Waals surface area contributed by atoms with Crippen LogP contribution in [0.5, 0.6) is 0 Å². The second-order valence-corrected chi connectivity index (χ2v) is 7.53. The van der Waals surface area contributed by atoms with Crippen LogP contribution in [-0.4, -0.2) is 53.6 Å². The van der Waals surface area contributed by atoms with Gasteiger partial charge in [0.05, 0.1) is 25.0 Å². The molecule has 156 valence electrons. The minimum absolute atomic E-state index is 0.0486. The fourth-order valence-electron chi connectivity index (χ4n) is 4.43. The number of β-amino-alcohol motifs (C(OH)–C–C–N with tert-alkyl or cyclic N) is 1. The van der Waals surface area contributed by atoms with E-state index in [0.717, 1.165) is 5.56 Å². The van der Waals surface area contributed by atoms with E-state index >= 15 is 0 Å². The highest BCUT2D eigenvalue weighted by atomic mass is 16.5. The zero-order valence-electron chi connectivity index (χ0n) is 16.8. The van der Waals surface area contributed by atoms with Gasteiger partial charge in [0.15, 0.2) is 0 Å². The summed E-state index contributed by atoms with van der Waals surface area (Å²) in [4.78, 5) is 40.2. The first kappa shape index (κ1) is 21.0. The average Bonchev–Trinajstić information content (AvgIpc) is 2.99. The maximum absolute atomic E-state index is 13.2. The Labute approximate surface area is 170 Å². The van der Waals surface area contributed by atoms with Crippen LogP contribution in [0.25, 0.3) is 0 Å². The highest BCUT2D eigenvalue weighted by Gasteiger charge is 2.56. The summed E-state index contributed by atoms with van der Waals surface area (Å²) in [6, 6.07) is 8.75. The van der Waals surface area contributed by atoms with Gasteiger partial charge in [0.1, 0.15) is 6.04 Å². The lowest BCUT2D eigenvalue weighted by molar-refractivity contribution is -0.155. The van der Waals surface area contributed by atoms with E-state index < -0.39 is 29.8 Å². The highest BCUT2D eigenvalue weighted by molar-refractivity contribution is 5.96. The number of nitrogens with zero attached hydrogens (tertiary/aromatic N) is 1. The Kier molecular flexibility index (Phi) is 6.69. The lowest BCUT2D eigenvalue weighted by atomic mass is 9.70. The standard InChI is InChI=1S/C22H28N2O5/c1-3-29-22(28)17-14(2)9-10-16-18(17)21(27)24(11-12-25)19(16)20(26)23-13-15-7-5-4-6-8-15/h4-10,14,16-19,25H,3,11-13H2,1-2H3,(H,23,26)/t14-,16+,17-,18+,19+/m1/s1. The van der Waals surface area contributed by atoms with Gasteiger partial charge < -0.3 is 20.1 Å². The summed E-state index contributed by atoms with van der Waals surface area (Å²) in [5, 5.41) is 12.4. The maximum atomic E-state index is 13.2. The number of amides is 2. The molecule has 0 saturated carbocycles. The van der Waals surface area contributed by atoms with E-state index in [1.54, 1.807) is 6.92 Å². The van der Waals surface area contributed by atoms with Gasteiger partial charge >= 0.3 is 5.97 Å². The van der Waals surface area contributed by atoms with Gasteiger partial charge in [-0.05, 0) is 18.4 Å². The third-order valence-electron chi connectivity index (χ3n) is 5.75. The molecule has 2 aliphatic rings. The third kappa shape index (κ3) is 4.19. The molecule has 3 rings (SSSR count). The van der Waals surface area contributed by atoms with Crippen molar-refractivity contribution in [2.45, 2.75) is 26.4 Å². The molecule has 0 bridgehead atoms. The van der Waals surface area contributed by atoms with Crippen LogP contribution in [0.4, 0.5) is 0 Å². The molecular formula is C22H28N2O5. The maximum Gasteiger partial charge on any atom is 0.310 e. The number of rotatable bonds is 7. The number of carbonyl (C=O) groups is 3. The molecule has 1 heterocycles. The zero-order chi connectivity index (χ0) is 21.0. The largest absolute Gasteiger partial charge is 0.466 e. The van der Waals surface area contributed by atoms with Crippen LogP contribution in [0, 0.1) is 23.7 Å². The van der Waals surface area contributed by atoms with Crippen molar-refractivity contribution < 1.29 is 24.2 Å². The number of hydrogen-bond donors (Lipinski definition) is 2. The van der Waals surface area contributed by atoms with Crippen LogP contribution in [0.15, 0.2) is 42.5 Å². The Morgan fingerprint density at radius 3 is 2.59 bits per heavy atom. The molecule has 0 radical (unpaired) electrons. The van der Waals surface area contributed by atoms with Crippen molar-refractivity contribution >= 4 is 17.8 Å². The summed E-state index contributed by atoms with van der Waals surface area (Å²) in [5.74, 6) is -2.87. The monoisotopic (exact) mass is 400 g/mol. The van der Waals surface area contributed by atoms with Crippen LogP contribution >= 0.6 is 0 Å². The van der Waals surface area contributed by atoms with Gasteiger partial charge in [-0.25, -0.2) is 0 Å². The molecule has 5 atom stereocenters. The fraction of sp³-hybridized carbons (Fsp3) is 0.500. The van der Waals surface area contributed by atoms with Crippen molar-refractivity contribution in [1.82, 2.24) is 10.2 Å². The van der Waals surface area contributed by atoms with Gasteiger partial charge in [0.2, 0.25) is 11.8 Å². The van der Waals surface area contributed by atoms with E-state index in [1.165, 1.54) is 4.90 Å². The van der Waals surface area contributed by atoms with Crippen molar-refractivity contribution in [3.63, 3.8) is 0 Å². The number of likely N-dealkylation sites (tertiary alicyclic amines) is 1. The van der Waals surface area contributed by atoms with Gasteiger partial charge in [-0.2, -0.15) is 0 Å². The number of ether oxygens (including phenoxy) is 1. The second kappa shape index (κ2) is 9.22. The summed E-state index contributed by atoms with van der Waals surface area (Å²) in [7, 11) is 0. The van der Waals surface area contributed by atoms with Crippen LogP contribution in [0.3, 0.4) is 0 Å². The number of aliphatic hydroxyl groups excluding tert-OH is 1.